The fourth-order valence-electron chi connectivity index (χ4n) is 2.14. The Bertz CT molecular complexity index is 704. The highest BCUT2D eigenvalue weighted by Crippen LogP contribution is 2.24. The van der Waals surface area contributed by atoms with Crippen LogP contribution in [-0.4, -0.2) is 24.8 Å². The van der Waals surface area contributed by atoms with Crippen LogP contribution < -0.4 is 14.2 Å². The van der Waals surface area contributed by atoms with Crippen molar-refractivity contribution in [3.63, 3.8) is 0 Å². The number of rotatable bonds is 8. The van der Waals surface area contributed by atoms with E-state index in [1.54, 1.807) is 19.2 Å². The number of ether oxygens (including phenoxy) is 3. The zero-order chi connectivity index (χ0) is 17.4. The number of carboxylic acid groups (broad SMARTS) is 1. The SMILES string of the molecule is CCOc1ccc(OCc2cc(C=CC(=O)O)ccc2OC)cc1. The van der Waals surface area contributed by atoms with E-state index in [0.717, 1.165) is 23.0 Å². The summed E-state index contributed by atoms with van der Waals surface area (Å²) in [6, 6.07) is 12.8. The minimum absolute atomic E-state index is 0.311. The second-order valence-corrected chi connectivity index (χ2v) is 4.94. The van der Waals surface area contributed by atoms with Gasteiger partial charge in [-0.1, -0.05) is 6.07 Å². The summed E-state index contributed by atoms with van der Waals surface area (Å²) in [6.45, 7) is 2.86. The van der Waals surface area contributed by atoms with Crippen molar-refractivity contribution in [2.45, 2.75) is 13.5 Å². The molecule has 24 heavy (non-hydrogen) atoms. The standard InChI is InChI=1S/C19H20O5/c1-3-23-16-6-8-17(9-7-16)24-13-15-12-14(5-11-19(20)21)4-10-18(15)22-2/h4-12H,3,13H2,1-2H3,(H,20,21). The largest absolute Gasteiger partial charge is 0.496 e. The van der Waals surface area contributed by atoms with Crippen LogP contribution in [0.4, 0.5) is 0 Å². The molecule has 0 bridgehead atoms. The molecule has 0 amide bonds. The predicted molar refractivity (Wildman–Crippen MR) is 91.6 cm³/mol. The highest BCUT2D eigenvalue weighted by molar-refractivity contribution is 5.85. The summed E-state index contributed by atoms with van der Waals surface area (Å²) in [5.41, 5.74) is 1.60. The summed E-state index contributed by atoms with van der Waals surface area (Å²) < 4.78 is 16.5. The van der Waals surface area contributed by atoms with Crippen molar-refractivity contribution >= 4 is 12.0 Å². The molecule has 126 valence electrons. The molecule has 1 N–H and O–H groups in total. The Kier molecular flexibility index (Phi) is 6.25. The second-order valence-electron chi connectivity index (χ2n) is 4.94. The molecule has 0 heterocycles. The molecular weight excluding hydrogens is 308 g/mol. The van der Waals surface area contributed by atoms with E-state index >= 15 is 0 Å². The molecule has 0 aliphatic heterocycles. The molecule has 2 aromatic rings. The minimum atomic E-state index is -0.988. The van der Waals surface area contributed by atoms with E-state index < -0.39 is 5.97 Å². The average Bonchev–Trinajstić information content (AvgIpc) is 2.59. The maximum atomic E-state index is 10.6. The fraction of sp³-hybridized carbons (Fsp3) is 0.211. The molecular formula is C19H20O5. The molecule has 0 atom stereocenters. The van der Waals surface area contributed by atoms with Gasteiger partial charge in [-0.25, -0.2) is 4.79 Å². The first-order chi connectivity index (χ1) is 11.6. The third-order valence-electron chi connectivity index (χ3n) is 3.25. The molecule has 5 nitrogen and oxygen atoms in total. The molecule has 0 saturated heterocycles. The van der Waals surface area contributed by atoms with Gasteiger partial charge in [0.15, 0.2) is 0 Å². The van der Waals surface area contributed by atoms with Crippen molar-refractivity contribution in [3.8, 4) is 17.2 Å². The van der Waals surface area contributed by atoms with Gasteiger partial charge < -0.3 is 19.3 Å². The van der Waals surface area contributed by atoms with E-state index in [9.17, 15) is 4.79 Å². The number of carboxylic acids is 1. The molecule has 5 heteroatoms. The lowest BCUT2D eigenvalue weighted by atomic mass is 10.1. The van der Waals surface area contributed by atoms with Crippen LogP contribution in [0, 0.1) is 0 Å². The van der Waals surface area contributed by atoms with E-state index in [-0.39, 0.29) is 0 Å². The Morgan fingerprint density at radius 1 is 1.08 bits per heavy atom. The number of benzene rings is 2. The summed E-state index contributed by atoms with van der Waals surface area (Å²) in [7, 11) is 1.59. The molecule has 0 unspecified atom stereocenters. The predicted octanol–water partition coefficient (Wildman–Crippen LogP) is 3.77. The highest BCUT2D eigenvalue weighted by Gasteiger charge is 2.05. The number of aliphatic carboxylic acids is 1. The van der Waals surface area contributed by atoms with Gasteiger partial charge >= 0.3 is 5.97 Å². The first-order valence-corrected chi connectivity index (χ1v) is 7.56. The molecule has 0 aromatic heterocycles. The fourth-order valence-corrected chi connectivity index (χ4v) is 2.14. The monoisotopic (exact) mass is 328 g/mol. The highest BCUT2D eigenvalue weighted by atomic mass is 16.5. The van der Waals surface area contributed by atoms with E-state index in [4.69, 9.17) is 19.3 Å². The van der Waals surface area contributed by atoms with Crippen molar-refractivity contribution in [2.24, 2.45) is 0 Å². The van der Waals surface area contributed by atoms with Crippen LogP contribution in [0.1, 0.15) is 18.1 Å². The number of carbonyl (C=O) groups is 1. The van der Waals surface area contributed by atoms with Gasteiger partial charge in [-0.2, -0.15) is 0 Å². The summed E-state index contributed by atoms with van der Waals surface area (Å²) in [5.74, 6) is 1.21. The Labute approximate surface area is 141 Å². The summed E-state index contributed by atoms with van der Waals surface area (Å²) in [4.78, 5) is 10.6. The van der Waals surface area contributed by atoms with Crippen molar-refractivity contribution in [1.29, 1.82) is 0 Å². The quantitative estimate of drug-likeness (QED) is 0.747. The Hall–Kier alpha value is -2.95. The van der Waals surface area contributed by atoms with Crippen molar-refractivity contribution in [1.82, 2.24) is 0 Å². The maximum Gasteiger partial charge on any atom is 0.328 e. The molecule has 0 saturated carbocycles. The normalized spacial score (nSPS) is 10.6. The van der Waals surface area contributed by atoms with E-state index in [0.29, 0.717) is 24.7 Å². The van der Waals surface area contributed by atoms with Crippen LogP contribution >= 0.6 is 0 Å². The third-order valence-corrected chi connectivity index (χ3v) is 3.25. The van der Waals surface area contributed by atoms with E-state index in [1.165, 1.54) is 6.08 Å². The average molecular weight is 328 g/mol. The smallest absolute Gasteiger partial charge is 0.328 e. The number of hydrogen-bond acceptors (Lipinski definition) is 4. The number of hydrogen-bond donors (Lipinski definition) is 1. The maximum absolute atomic E-state index is 10.6. The van der Waals surface area contributed by atoms with Crippen LogP contribution in [0.2, 0.25) is 0 Å². The minimum Gasteiger partial charge on any atom is -0.496 e. The van der Waals surface area contributed by atoms with Gasteiger partial charge in [0, 0.05) is 11.6 Å². The zero-order valence-electron chi connectivity index (χ0n) is 13.7. The second kappa shape index (κ2) is 8.62. The van der Waals surface area contributed by atoms with Gasteiger partial charge in [0.25, 0.3) is 0 Å². The molecule has 0 aliphatic rings. The number of methoxy groups -OCH3 is 1. The first-order valence-electron chi connectivity index (χ1n) is 7.56. The molecule has 0 aliphatic carbocycles. The van der Waals surface area contributed by atoms with Crippen LogP contribution in [0.15, 0.2) is 48.5 Å². The zero-order valence-corrected chi connectivity index (χ0v) is 13.7. The third kappa shape index (κ3) is 5.05. The van der Waals surface area contributed by atoms with E-state index in [1.807, 2.05) is 37.3 Å². The van der Waals surface area contributed by atoms with Crippen LogP contribution in [0.25, 0.3) is 6.08 Å². The van der Waals surface area contributed by atoms with Crippen LogP contribution in [0.5, 0.6) is 17.2 Å². The van der Waals surface area contributed by atoms with Crippen LogP contribution in [0.3, 0.4) is 0 Å². The van der Waals surface area contributed by atoms with Crippen molar-refractivity contribution in [2.75, 3.05) is 13.7 Å². The van der Waals surface area contributed by atoms with Gasteiger partial charge in [0.2, 0.25) is 0 Å². The van der Waals surface area contributed by atoms with Crippen molar-refractivity contribution < 1.29 is 24.1 Å². The first kappa shape index (κ1) is 17.4. The lowest BCUT2D eigenvalue weighted by molar-refractivity contribution is -0.131. The van der Waals surface area contributed by atoms with E-state index in [2.05, 4.69) is 0 Å². The Balaban J connectivity index is 2.09. The van der Waals surface area contributed by atoms with Gasteiger partial charge in [-0.05, 0) is 55.0 Å². The summed E-state index contributed by atoms with van der Waals surface area (Å²) in [5, 5.41) is 8.71. The topological polar surface area (TPSA) is 65.0 Å². The summed E-state index contributed by atoms with van der Waals surface area (Å²) in [6.07, 6.45) is 2.63. The molecule has 0 spiro atoms. The van der Waals surface area contributed by atoms with Crippen LogP contribution in [-0.2, 0) is 11.4 Å². The van der Waals surface area contributed by atoms with Gasteiger partial charge in [0.1, 0.15) is 23.9 Å². The summed E-state index contributed by atoms with van der Waals surface area (Å²) >= 11 is 0. The Morgan fingerprint density at radius 2 is 1.75 bits per heavy atom. The molecule has 0 fully saturated rings. The Morgan fingerprint density at radius 3 is 2.33 bits per heavy atom. The van der Waals surface area contributed by atoms with Gasteiger partial charge in [0.05, 0.1) is 13.7 Å². The lowest BCUT2D eigenvalue weighted by Gasteiger charge is -2.12. The molecule has 2 aromatic carbocycles. The lowest BCUT2D eigenvalue weighted by Crippen LogP contribution is -1.99. The molecule has 2 rings (SSSR count). The van der Waals surface area contributed by atoms with Gasteiger partial charge in [-0.15, -0.1) is 0 Å². The molecule has 0 radical (unpaired) electrons. The van der Waals surface area contributed by atoms with Gasteiger partial charge in [-0.3, -0.25) is 0 Å². The van der Waals surface area contributed by atoms with Crippen molar-refractivity contribution in [3.05, 3.63) is 59.7 Å².